The molecule has 0 unspecified atom stereocenters. The summed E-state index contributed by atoms with van der Waals surface area (Å²) in [7, 11) is 0. The maximum absolute atomic E-state index is 11.9. The lowest BCUT2D eigenvalue weighted by molar-refractivity contribution is -0.139. The van der Waals surface area contributed by atoms with Crippen LogP contribution in [0.4, 0.5) is 0 Å². The number of esters is 1. The van der Waals surface area contributed by atoms with Crippen molar-refractivity contribution in [3.63, 3.8) is 0 Å². The van der Waals surface area contributed by atoms with Crippen LogP contribution in [0.3, 0.4) is 0 Å². The highest BCUT2D eigenvalue weighted by atomic mass is 32.2. The number of ketones is 1. The number of fused-ring (bicyclic) bond motifs is 1. The maximum Gasteiger partial charge on any atom is 0.315 e. The molecule has 0 aromatic heterocycles. The van der Waals surface area contributed by atoms with Gasteiger partial charge < -0.3 is 14.2 Å². The normalized spacial score (nSPS) is 12.3. The zero-order valence-electron chi connectivity index (χ0n) is 10.5. The molecule has 1 aliphatic heterocycles. The molecular formula is C13H14O5S. The first-order valence-electron chi connectivity index (χ1n) is 5.87. The van der Waals surface area contributed by atoms with E-state index >= 15 is 0 Å². The summed E-state index contributed by atoms with van der Waals surface area (Å²) in [5, 5.41) is 0. The molecule has 5 nitrogen and oxygen atoms in total. The second-order valence-corrected chi connectivity index (χ2v) is 4.77. The Labute approximate surface area is 115 Å². The second-order valence-electron chi connectivity index (χ2n) is 3.79. The molecule has 0 N–H and O–H groups in total. The third-order valence-electron chi connectivity index (χ3n) is 2.45. The smallest absolute Gasteiger partial charge is 0.315 e. The summed E-state index contributed by atoms with van der Waals surface area (Å²) in [4.78, 5) is 23.0. The molecule has 1 aromatic carbocycles. The fourth-order valence-electron chi connectivity index (χ4n) is 1.58. The van der Waals surface area contributed by atoms with E-state index in [4.69, 9.17) is 14.2 Å². The number of carbonyl (C=O) groups excluding carboxylic acids is 2. The van der Waals surface area contributed by atoms with Gasteiger partial charge in [-0.2, -0.15) is 0 Å². The van der Waals surface area contributed by atoms with Crippen molar-refractivity contribution in [1.29, 1.82) is 0 Å². The van der Waals surface area contributed by atoms with E-state index in [1.165, 1.54) is 11.8 Å². The predicted molar refractivity (Wildman–Crippen MR) is 70.9 cm³/mol. The minimum Gasteiger partial charge on any atom is -0.465 e. The molecule has 102 valence electrons. The fourth-order valence-corrected chi connectivity index (χ4v) is 2.29. The third-order valence-corrected chi connectivity index (χ3v) is 3.36. The third kappa shape index (κ3) is 3.64. The van der Waals surface area contributed by atoms with Crippen LogP contribution >= 0.6 is 11.8 Å². The van der Waals surface area contributed by atoms with E-state index in [2.05, 4.69) is 0 Å². The first-order valence-corrected chi connectivity index (χ1v) is 7.02. The van der Waals surface area contributed by atoms with Gasteiger partial charge in [0.25, 0.3) is 0 Å². The van der Waals surface area contributed by atoms with Crippen molar-refractivity contribution < 1.29 is 23.8 Å². The van der Waals surface area contributed by atoms with Crippen molar-refractivity contribution in [2.24, 2.45) is 0 Å². The minimum atomic E-state index is -0.300. The summed E-state index contributed by atoms with van der Waals surface area (Å²) in [5.41, 5.74) is 0.556. The lowest BCUT2D eigenvalue weighted by Crippen LogP contribution is -2.10. The van der Waals surface area contributed by atoms with Crippen LogP contribution in [-0.2, 0) is 9.53 Å². The first kappa shape index (κ1) is 13.7. The number of carbonyl (C=O) groups is 2. The van der Waals surface area contributed by atoms with Gasteiger partial charge in [-0.1, -0.05) is 0 Å². The molecule has 0 radical (unpaired) electrons. The maximum atomic E-state index is 11.9. The van der Waals surface area contributed by atoms with E-state index in [0.29, 0.717) is 23.7 Å². The Balaban J connectivity index is 1.85. The van der Waals surface area contributed by atoms with Crippen LogP contribution in [0.5, 0.6) is 11.5 Å². The molecular weight excluding hydrogens is 268 g/mol. The van der Waals surface area contributed by atoms with Crippen LogP contribution in [-0.4, -0.2) is 36.7 Å². The molecule has 0 saturated heterocycles. The number of hydrogen-bond donors (Lipinski definition) is 0. The van der Waals surface area contributed by atoms with Crippen LogP contribution in [0.15, 0.2) is 18.2 Å². The van der Waals surface area contributed by atoms with Crippen molar-refractivity contribution in [2.45, 2.75) is 6.92 Å². The Morgan fingerprint density at radius 3 is 2.84 bits per heavy atom. The molecule has 0 atom stereocenters. The first-order chi connectivity index (χ1) is 9.20. The topological polar surface area (TPSA) is 61.8 Å². The van der Waals surface area contributed by atoms with Gasteiger partial charge in [0.2, 0.25) is 6.79 Å². The SMILES string of the molecule is CCOC(=O)CSCC(=O)c1ccc2c(c1)OCO2. The molecule has 0 bridgehead atoms. The Bertz CT molecular complexity index is 486. The van der Waals surface area contributed by atoms with Crippen molar-refractivity contribution in [3.8, 4) is 11.5 Å². The van der Waals surface area contributed by atoms with Crippen LogP contribution < -0.4 is 9.47 Å². The van der Waals surface area contributed by atoms with Gasteiger partial charge in [0.15, 0.2) is 17.3 Å². The molecule has 0 spiro atoms. The molecule has 1 aromatic rings. The standard InChI is InChI=1S/C13H14O5S/c1-2-16-13(15)7-19-6-10(14)9-3-4-11-12(5-9)18-8-17-11/h3-5H,2,6-8H2,1H3. The van der Waals surface area contributed by atoms with Crippen LogP contribution in [0.1, 0.15) is 17.3 Å². The van der Waals surface area contributed by atoms with E-state index in [-0.39, 0.29) is 30.1 Å². The zero-order valence-corrected chi connectivity index (χ0v) is 11.3. The van der Waals surface area contributed by atoms with Crippen LogP contribution in [0.25, 0.3) is 0 Å². The molecule has 19 heavy (non-hydrogen) atoms. The average molecular weight is 282 g/mol. The molecule has 1 aliphatic rings. The van der Waals surface area contributed by atoms with Crippen molar-refractivity contribution >= 4 is 23.5 Å². The molecule has 0 saturated carbocycles. The fraction of sp³-hybridized carbons (Fsp3) is 0.385. The molecule has 0 fully saturated rings. The van der Waals surface area contributed by atoms with E-state index in [9.17, 15) is 9.59 Å². The second kappa shape index (κ2) is 6.47. The van der Waals surface area contributed by atoms with Gasteiger partial charge in [0.1, 0.15) is 0 Å². The van der Waals surface area contributed by atoms with Gasteiger partial charge in [-0.25, -0.2) is 0 Å². The zero-order chi connectivity index (χ0) is 13.7. The molecule has 6 heteroatoms. The van der Waals surface area contributed by atoms with Gasteiger partial charge in [-0.3, -0.25) is 9.59 Å². The quantitative estimate of drug-likeness (QED) is 0.586. The van der Waals surface area contributed by atoms with E-state index in [1.54, 1.807) is 25.1 Å². The lowest BCUT2D eigenvalue weighted by Gasteiger charge is -2.03. The van der Waals surface area contributed by atoms with Crippen LogP contribution in [0, 0.1) is 0 Å². The highest BCUT2D eigenvalue weighted by Gasteiger charge is 2.16. The lowest BCUT2D eigenvalue weighted by atomic mass is 10.1. The van der Waals surface area contributed by atoms with Gasteiger partial charge in [0, 0.05) is 5.56 Å². The molecule has 0 amide bonds. The highest BCUT2D eigenvalue weighted by molar-refractivity contribution is 8.00. The largest absolute Gasteiger partial charge is 0.465 e. The summed E-state index contributed by atoms with van der Waals surface area (Å²) in [6.07, 6.45) is 0. The van der Waals surface area contributed by atoms with Crippen molar-refractivity contribution in [1.82, 2.24) is 0 Å². The van der Waals surface area contributed by atoms with Gasteiger partial charge in [-0.15, -0.1) is 11.8 Å². The number of thioether (sulfide) groups is 1. The summed E-state index contributed by atoms with van der Waals surface area (Å²) in [6, 6.07) is 5.07. The predicted octanol–water partition coefficient (Wildman–Crippen LogP) is 1.89. The average Bonchev–Trinajstić information content (AvgIpc) is 2.86. The highest BCUT2D eigenvalue weighted by Crippen LogP contribution is 2.32. The summed E-state index contributed by atoms with van der Waals surface area (Å²) in [6.45, 7) is 2.29. The van der Waals surface area contributed by atoms with Gasteiger partial charge in [0.05, 0.1) is 18.1 Å². The summed E-state index contributed by atoms with van der Waals surface area (Å²) < 4.78 is 15.2. The Morgan fingerprint density at radius 2 is 2.05 bits per heavy atom. The van der Waals surface area contributed by atoms with E-state index in [1.807, 2.05) is 0 Å². The van der Waals surface area contributed by atoms with E-state index < -0.39 is 0 Å². The number of rotatable bonds is 6. The van der Waals surface area contributed by atoms with E-state index in [0.717, 1.165) is 0 Å². The summed E-state index contributed by atoms with van der Waals surface area (Å²) in [5.74, 6) is 1.30. The van der Waals surface area contributed by atoms with Crippen LogP contribution in [0.2, 0.25) is 0 Å². The number of ether oxygens (including phenoxy) is 3. The molecule has 1 heterocycles. The van der Waals surface area contributed by atoms with Gasteiger partial charge in [-0.05, 0) is 25.1 Å². The molecule has 0 aliphatic carbocycles. The molecule has 2 rings (SSSR count). The monoisotopic (exact) mass is 282 g/mol. The summed E-state index contributed by atoms with van der Waals surface area (Å²) >= 11 is 1.24. The minimum absolute atomic E-state index is 0.0485. The Kier molecular flexibility index (Phi) is 4.68. The number of hydrogen-bond acceptors (Lipinski definition) is 6. The Morgan fingerprint density at radius 1 is 1.26 bits per heavy atom. The van der Waals surface area contributed by atoms with Crippen molar-refractivity contribution in [3.05, 3.63) is 23.8 Å². The number of Topliss-reactive ketones (excluding diaryl/α,β-unsaturated/α-hetero) is 1. The number of benzene rings is 1. The van der Waals surface area contributed by atoms with Gasteiger partial charge >= 0.3 is 5.97 Å². The Hall–Kier alpha value is -1.69. The van der Waals surface area contributed by atoms with Crippen molar-refractivity contribution in [2.75, 3.05) is 24.9 Å².